The van der Waals surface area contributed by atoms with Crippen LogP contribution >= 0.6 is 0 Å². The highest BCUT2D eigenvalue weighted by Crippen LogP contribution is 2.31. The molecule has 6 nitrogen and oxygen atoms in total. The summed E-state index contributed by atoms with van der Waals surface area (Å²) < 4.78 is 9.96. The number of rotatable bonds is 6. The van der Waals surface area contributed by atoms with Gasteiger partial charge in [0.1, 0.15) is 5.75 Å². The zero-order chi connectivity index (χ0) is 20.6. The molecular formula is C23H28N2O4. The number of anilines is 1. The van der Waals surface area contributed by atoms with Crippen LogP contribution in [0, 0.1) is 0 Å². The molecule has 0 saturated carbocycles. The van der Waals surface area contributed by atoms with E-state index in [2.05, 4.69) is 22.3 Å². The van der Waals surface area contributed by atoms with Gasteiger partial charge in [-0.15, -0.1) is 0 Å². The summed E-state index contributed by atoms with van der Waals surface area (Å²) in [5.74, 6) is 0.382. The Balaban J connectivity index is 1.66. The smallest absolute Gasteiger partial charge is 0.337 e. The molecule has 1 amide bonds. The second kappa shape index (κ2) is 10.1. The number of hydrogen-bond acceptors (Lipinski definition) is 5. The summed E-state index contributed by atoms with van der Waals surface area (Å²) in [5.41, 5.74) is 2.33. The van der Waals surface area contributed by atoms with Gasteiger partial charge >= 0.3 is 5.97 Å². The van der Waals surface area contributed by atoms with Crippen LogP contribution in [0.3, 0.4) is 0 Å². The van der Waals surface area contributed by atoms with Crippen LogP contribution in [0.25, 0.3) is 0 Å². The van der Waals surface area contributed by atoms with E-state index in [1.54, 1.807) is 31.4 Å². The van der Waals surface area contributed by atoms with Crippen molar-refractivity contribution in [2.24, 2.45) is 0 Å². The normalized spacial score (nSPS) is 17.2. The Bertz CT molecular complexity index is 818. The molecule has 1 unspecified atom stereocenters. The second-order valence-electron chi connectivity index (χ2n) is 7.23. The molecule has 3 rings (SSSR count). The molecule has 0 spiro atoms. The minimum Gasteiger partial charge on any atom is -0.497 e. The van der Waals surface area contributed by atoms with Crippen LogP contribution in [-0.4, -0.2) is 44.1 Å². The summed E-state index contributed by atoms with van der Waals surface area (Å²) in [5, 5.41) is 2.93. The average molecular weight is 396 g/mol. The van der Waals surface area contributed by atoms with Crippen molar-refractivity contribution in [2.75, 3.05) is 32.6 Å². The number of esters is 1. The minimum absolute atomic E-state index is 0.0590. The number of carbonyl (C=O) groups excluding carboxylic acids is 2. The minimum atomic E-state index is -0.394. The molecule has 2 aromatic rings. The highest BCUT2D eigenvalue weighted by molar-refractivity contribution is 5.94. The summed E-state index contributed by atoms with van der Waals surface area (Å²) in [6.45, 7) is 1.22. The van der Waals surface area contributed by atoms with E-state index in [0.717, 1.165) is 31.6 Å². The molecule has 1 saturated heterocycles. The molecule has 29 heavy (non-hydrogen) atoms. The number of methoxy groups -OCH3 is 2. The van der Waals surface area contributed by atoms with Crippen molar-refractivity contribution >= 4 is 17.6 Å². The monoisotopic (exact) mass is 396 g/mol. The van der Waals surface area contributed by atoms with Gasteiger partial charge in [-0.05, 0) is 61.3 Å². The maximum Gasteiger partial charge on any atom is 0.337 e. The molecule has 1 fully saturated rings. The van der Waals surface area contributed by atoms with Crippen molar-refractivity contribution in [3.63, 3.8) is 0 Å². The van der Waals surface area contributed by atoms with Gasteiger partial charge in [0, 0.05) is 11.7 Å². The average Bonchev–Trinajstić information content (AvgIpc) is 2.99. The number of benzene rings is 2. The van der Waals surface area contributed by atoms with E-state index < -0.39 is 5.97 Å². The Morgan fingerprint density at radius 1 is 1.00 bits per heavy atom. The Morgan fingerprint density at radius 3 is 2.38 bits per heavy atom. The highest BCUT2D eigenvalue weighted by atomic mass is 16.5. The van der Waals surface area contributed by atoms with Gasteiger partial charge in [0.25, 0.3) is 0 Å². The number of carbonyl (C=O) groups is 2. The van der Waals surface area contributed by atoms with Crippen molar-refractivity contribution in [1.29, 1.82) is 0 Å². The molecule has 0 aliphatic carbocycles. The van der Waals surface area contributed by atoms with Crippen LogP contribution in [0.2, 0.25) is 0 Å². The zero-order valence-electron chi connectivity index (χ0n) is 17.0. The molecule has 1 aliphatic heterocycles. The van der Waals surface area contributed by atoms with Crippen molar-refractivity contribution in [2.45, 2.75) is 31.7 Å². The molecule has 1 atom stereocenters. The SMILES string of the molecule is COC(=O)c1ccc(NC(=O)CN2CCCCCC2c2ccc(OC)cc2)cc1. The molecule has 1 N–H and O–H groups in total. The zero-order valence-corrected chi connectivity index (χ0v) is 17.0. The van der Waals surface area contributed by atoms with Gasteiger partial charge in [0.2, 0.25) is 5.91 Å². The first kappa shape index (κ1) is 20.9. The van der Waals surface area contributed by atoms with Crippen LogP contribution in [0.1, 0.15) is 47.6 Å². The molecule has 1 heterocycles. The van der Waals surface area contributed by atoms with E-state index in [1.165, 1.54) is 19.1 Å². The molecule has 0 aromatic heterocycles. The Kier molecular flexibility index (Phi) is 7.25. The quantitative estimate of drug-likeness (QED) is 0.747. The van der Waals surface area contributed by atoms with E-state index in [9.17, 15) is 9.59 Å². The standard InChI is InChI=1S/C23H28N2O4/c1-28-20-13-9-17(10-14-20)21-6-4-3-5-15-25(21)16-22(26)24-19-11-7-18(8-12-19)23(27)29-2/h7-14,21H,3-6,15-16H2,1-2H3,(H,24,26). The third-order valence-electron chi connectivity index (χ3n) is 5.30. The van der Waals surface area contributed by atoms with Crippen molar-refractivity contribution in [1.82, 2.24) is 4.90 Å². The Labute approximate surface area is 171 Å². The summed E-state index contributed by atoms with van der Waals surface area (Å²) >= 11 is 0. The topological polar surface area (TPSA) is 67.9 Å². The number of hydrogen-bond donors (Lipinski definition) is 1. The predicted octanol–water partition coefficient (Wildman–Crippen LogP) is 4.04. The highest BCUT2D eigenvalue weighted by Gasteiger charge is 2.24. The fourth-order valence-corrected chi connectivity index (χ4v) is 3.75. The molecule has 1 aliphatic rings. The van der Waals surface area contributed by atoms with Crippen molar-refractivity contribution in [3.05, 3.63) is 59.7 Å². The molecule has 2 aromatic carbocycles. The van der Waals surface area contributed by atoms with Gasteiger partial charge < -0.3 is 14.8 Å². The second-order valence-corrected chi connectivity index (χ2v) is 7.23. The van der Waals surface area contributed by atoms with Gasteiger partial charge in [0.15, 0.2) is 0 Å². The Hall–Kier alpha value is -2.86. The van der Waals surface area contributed by atoms with Crippen molar-refractivity contribution in [3.8, 4) is 5.75 Å². The van der Waals surface area contributed by atoms with E-state index in [1.807, 2.05) is 12.1 Å². The van der Waals surface area contributed by atoms with E-state index in [0.29, 0.717) is 17.8 Å². The summed E-state index contributed by atoms with van der Waals surface area (Å²) in [7, 11) is 3.01. The number of nitrogens with zero attached hydrogens (tertiary/aromatic N) is 1. The van der Waals surface area contributed by atoms with Gasteiger partial charge in [-0.2, -0.15) is 0 Å². The molecule has 0 radical (unpaired) electrons. The largest absolute Gasteiger partial charge is 0.497 e. The van der Waals surface area contributed by atoms with E-state index in [-0.39, 0.29) is 11.9 Å². The molecular weight excluding hydrogens is 368 g/mol. The van der Waals surface area contributed by atoms with E-state index >= 15 is 0 Å². The summed E-state index contributed by atoms with van der Waals surface area (Å²) in [6.07, 6.45) is 4.46. The first-order valence-corrected chi connectivity index (χ1v) is 9.97. The van der Waals surface area contributed by atoms with Crippen molar-refractivity contribution < 1.29 is 19.1 Å². The Morgan fingerprint density at radius 2 is 1.72 bits per heavy atom. The lowest BCUT2D eigenvalue weighted by Crippen LogP contribution is -2.36. The van der Waals surface area contributed by atoms with Gasteiger partial charge in [0.05, 0.1) is 26.3 Å². The molecule has 6 heteroatoms. The van der Waals surface area contributed by atoms with Crippen LogP contribution in [-0.2, 0) is 9.53 Å². The number of amides is 1. The first-order valence-electron chi connectivity index (χ1n) is 9.97. The number of likely N-dealkylation sites (tertiary alicyclic amines) is 1. The van der Waals surface area contributed by atoms with Crippen LogP contribution in [0.15, 0.2) is 48.5 Å². The summed E-state index contributed by atoms with van der Waals surface area (Å²) in [6, 6.07) is 15.1. The summed E-state index contributed by atoms with van der Waals surface area (Å²) in [4.78, 5) is 26.5. The fraction of sp³-hybridized carbons (Fsp3) is 0.391. The predicted molar refractivity (Wildman–Crippen MR) is 112 cm³/mol. The number of ether oxygens (including phenoxy) is 2. The third kappa shape index (κ3) is 5.57. The van der Waals surface area contributed by atoms with Gasteiger partial charge in [-0.1, -0.05) is 25.0 Å². The lowest BCUT2D eigenvalue weighted by atomic mass is 10.0. The van der Waals surface area contributed by atoms with Gasteiger partial charge in [-0.25, -0.2) is 4.79 Å². The fourth-order valence-electron chi connectivity index (χ4n) is 3.75. The van der Waals surface area contributed by atoms with Crippen LogP contribution in [0.5, 0.6) is 5.75 Å². The lowest BCUT2D eigenvalue weighted by Gasteiger charge is -2.29. The maximum atomic E-state index is 12.7. The molecule has 154 valence electrons. The van der Waals surface area contributed by atoms with Crippen LogP contribution < -0.4 is 10.1 Å². The first-order chi connectivity index (χ1) is 14.1. The van der Waals surface area contributed by atoms with Crippen LogP contribution in [0.4, 0.5) is 5.69 Å². The number of nitrogens with one attached hydrogen (secondary N) is 1. The van der Waals surface area contributed by atoms with Gasteiger partial charge in [-0.3, -0.25) is 9.69 Å². The lowest BCUT2D eigenvalue weighted by molar-refractivity contribution is -0.117. The third-order valence-corrected chi connectivity index (χ3v) is 5.30. The maximum absolute atomic E-state index is 12.7. The molecule has 0 bridgehead atoms. The van der Waals surface area contributed by atoms with E-state index in [4.69, 9.17) is 9.47 Å².